The van der Waals surface area contributed by atoms with E-state index >= 15 is 0 Å². The van der Waals surface area contributed by atoms with Crippen molar-refractivity contribution in [3.05, 3.63) is 0 Å². The fourth-order valence-corrected chi connectivity index (χ4v) is 3.18. The van der Waals surface area contributed by atoms with Crippen LogP contribution in [-0.4, -0.2) is 35.3 Å². The number of fused-ring (bicyclic) bond motifs is 1. The molecule has 0 bridgehead atoms. The Balaban J connectivity index is 2.09. The molecule has 0 radical (unpaired) electrons. The lowest BCUT2D eigenvalue weighted by Gasteiger charge is -2.30. The van der Waals surface area contributed by atoms with Gasteiger partial charge in [0.15, 0.2) is 0 Å². The van der Waals surface area contributed by atoms with E-state index in [2.05, 4.69) is 24.5 Å². The second kappa shape index (κ2) is 3.44. The van der Waals surface area contributed by atoms with E-state index in [9.17, 15) is 0 Å². The fourth-order valence-electron chi connectivity index (χ4n) is 2.98. The summed E-state index contributed by atoms with van der Waals surface area (Å²) in [4.78, 5) is 2.60. The van der Waals surface area contributed by atoms with Crippen LogP contribution in [0.15, 0.2) is 0 Å². The van der Waals surface area contributed by atoms with Crippen LogP contribution in [0.5, 0.6) is 0 Å². The van der Waals surface area contributed by atoms with Crippen LogP contribution in [0.4, 0.5) is 0 Å². The van der Waals surface area contributed by atoms with Crippen molar-refractivity contribution >= 4 is 12.6 Å². The molecule has 2 N–H and O–H groups in total. The van der Waals surface area contributed by atoms with E-state index in [1.165, 1.54) is 32.4 Å². The Hall–Kier alpha value is 0.270. The van der Waals surface area contributed by atoms with Gasteiger partial charge in [-0.1, -0.05) is 6.92 Å². The zero-order valence-electron chi connectivity index (χ0n) is 8.37. The Morgan fingerprint density at radius 3 is 3.00 bits per heavy atom. The van der Waals surface area contributed by atoms with Crippen LogP contribution >= 0.6 is 12.6 Å². The number of hydrogen-bond donors (Lipinski definition) is 2. The van der Waals surface area contributed by atoms with E-state index in [1.54, 1.807) is 0 Å². The van der Waals surface area contributed by atoms with E-state index in [-0.39, 0.29) is 0 Å². The quantitative estimate of drug-likeness (QED) is 0.654. The van der Waals surface area contributed by atoms with Gasteiger partial charge in [-0.05, 0) is 31.7 Å². The Morgan fingerprint density at radius 1 is 1.69 bits per heavy atom. The molecule has 0 aromatic rings. The topological polar surface area (TPSA) is 29.3 Å². The first kappa shape index (κ1) is 9.81. The molecule has 13 heavy (non-hydrogen) atoms. The smallest absolute Gasteiger partial charge is 0.0335 e. The molecule has 2 fully saturated rings. The lowest BCUT2D eigenvalue weighted by Crippen LogP contribution is -2.44. The summed E-state index contributed by atoms with van der Waals surface area (Å²) in [7, 11) is 0. The lowest BCUT2D eigenvalue weighted by molar-refractivity contribution is 0.204. The highest BCUT2D eigenvalue weighted by atomic mass is 32.1. The van der Waals surface area contributed by atoms with Crippen LogP contribution in [0.25, 0.3) is 0 Å². The average Bonchev–Trinajstić information content (AvgIpc) is 2.58. The van der Waals surface area contributed by atoms with Gasteiger partial charge in [-0.15, -0.1) is 0 Å². The van der Waals surface area contributed by atoms with Gasteiger partial charge < -0.3 is 5.73 Å². The highest BCUT2D eigenvalue weighted by Gasteiger charge is 2.47. The Bertz CT molecular complexity index is 195. The van der Waals surface area contributed by atoms with Crippen LogP contribution in [0.2, 0.25) is 0 Å². The minimum atomic E-state index is 0.363. The average molecular weight is 200 g/mol. The minimum Gasteiger partial charge on any atom is -0.329 e. The van der Waals surface area contributed by atoms with Gasteiger partial charge in [0.25, 0.3) is 0 Å². The van der Waals surface area contributed by atoms with Crippen molar-refractivity contribution in [3.8, 4) is 0 Å². The third-order valence-electron chi connectivity index (χ3n) is 3.90. The van der Waals surface area contributed by atoms with E-state index in [0.29, 0.717) is 10.8 Å². The Kier molecular flexibility index (Phi) is 2.60. The van der Waals surface area contributed by atoms with Crippen molar-refractivity contribution in [2.75, 3.05) is 19.6 Å². The summed E-state index contributed by atoms with van der Waals surface area (Å²) in [6, 6.07) is 0. The summed E-state index contributed by atoms with van der Waals surface area (Å²) < 4.78 is 0. The van der Waals surface area contributed by atoms with Gasteiger partial charge in [0.2, 0.25) is 0 Å². The third-order valence-corrected chi connectivity index (χ3v) is 4.32. The molecule has 3 heteroatoms. The van der Waals surface area contributed by atoms with Crippen molar-refractivity contribution in [2.45, 2.75) is 37.0 Å². The molecule has 2 heterocycles. The Morgan fingerprint density at radius 2 is 2.46 bits per heavy atom. The third kappa shape index (κ3) is 1.51. The minimum absolute atomic E-state index is 0.363. The van der Waals surface area contributed by atoms with Crippen molar-refractivity contribution in [1.82, 2.24) is 4.90 Å². The van der Waals surface area contributed by atoms with Crippen LogP contribution in [0.3, 0.4) is 0 Å². The zero-order chi connectivity index (χ0) is 9.47. The molecule has 0 aliphatic carbocycles. The molecule has 3 atom stereocenters. The van der Waals surface area contributed by atoms with E-state index in [4.69, 9.17) is 5.73 Å². The summed E-state index contributed by atoms with van der Waals surface area (Å²) in [6.45, 7) is 5.53. The van der Waals surface area contributed by atoms with Crippen molar-refractivity contribution in [3.63, 3.8) is 0 Å². The number of thiol groups is 1. The molecule has 76 valence electrons. The maximum atomic E-state index is 5.91. The SMILES string of the molecule is CC(S)C1CN2CCCC2(CN)C1. The summed E-state index contributed by atoms with van der Waals surface area (Å²) in [5.41, 5.74) is 6.27. The maximum Gasteiger partial charge on any atom is 0.0335 e. The molecule has 0 amide bonds. The molecule has 2 nitrogen and oxygen atoms in total. The van der Waals surface area contributed by atoms with Gasteiger partial charge in [-0.25, -0.2) is 0 Å². The van der Waals surface area contributed by atoms with Gasteiger partial charge >= 0.3 is 0 Å². The van der Waals surface area contributed by atoms with E-state index in [0.717, 1.165) is 12.5 Å². The van der Waals surface area contributed by atoms with Gasteiger partial charge in [-0.3, -0.25) is 4.90 Å². The van der Waals surface area contributed by atoms with Gasteiger partial charge in [0.05, 0.1) is 0 Å². The predicted octanol–water partition coefficient (Wildman–Crippen LogP) is 1.12. The summed E-state index contributed by atoms with van der Waals surface area (Å²) in [5, 5.41) is 0.522. The van der Waals surface area contributed by atoms with Crippen LogP contribution in [0.1, 0.15) is 26.2 Å². The molecule has 0 aromatic heterocycles. The first-order chi connectivity index (χ1) is 6.18. The van der Waals surface area contributed by atoms with Crippen LogP contribution in [0, 0.1) is 5.92 Å². The fraction of sp³-hybridized carbons (Fsp3) is 1.00. The Labute approximate surface area is 86.3 Å². The molecule has 2 rings (SSSR count). The van der Waals surface area contributed by atoms with Gasteiger partial charge in [-0.2, -0.15) is 12.6 Å². The van der Waals surface area contributed by atoms with E-state index in [1.807, 2.05) is 0 Å². The van der Waals surface area contributed by atoms with E-state index < -0.39 is 0 Å². The number of hydrogen-bond acceptors (Lipinski definition) is 3. The molecule has 3 unspecified atom stereocenters. The molecular weight excluding hydrogens is 180 g/mol. The first-order valence-corrected chi connectivity index (χ1v) is 5.83. The largest absolute Gasteiger partial charge is 0.329 e. The monoisotopic (exact) mass is 200 g/mol. The normalized spacial score (nSPS) is 42.2. The number of nitrogens with two attached hydrogens (primary N) is 1. The molecular formula is C10H20N2S. The molecule has 2 aliphatic heterocycles. The zero-order valence-corrected chi connectivity index (χ0v) is 9.26. The highest BCUT2D eigenvalue weighted by molar-refractivity contribution is 7.80. The molecule has 2 saturated heterocycles. The standard InChI is InChI=1S/C10H20N2S/c1-8(13)9-5-10(7-11)3-2-4-12(10)6-9/h8-9,13H,2-7,11H2,1H3. The predicted molar refractivity (Wildman–Crippen MR) is 59.1 cm³/mol. The van der Waals surface area contributed by atoms with Gasteiger partial charge in [0, 0.05) is 23.9 Å². The molecule has 0 saturated carbocycles. The van der Waals surface area contributed by atoms with Crippen LogP contribution < -0.4 is 5.73 Å². The summed E-state index contributed by atoms with van der Waals surface area (Å²) in [5.74, 6) is 0.757. The second-order valence-electron chi connectivity index (χ2n) is 4.68. The molecule has 0 aromatic carbocycles. The van der Waals surface area contributed by atoms with Crippen molar-refractivity contribution in [2.24, 2.45) is 11.7 Å². The summed E-state index contributed by atoms with van der Waals surface area (Å²) in [6.07, 6.45) is 3.92. The van der Waals surface area contributed by atoms with Crippen molar-refractivity contribution in [1.29, 1.82) is 0 Å². The number of rotatable bonds is 2. The molecule has 0 spiro atoms. The van der Waals surface area contributed by atoms with Gasteiger partial charge in [0.1, 0.15) is 0 Å². The number of nitrogens with zero attached hydrogens (tertiary/aromatic N) is 1. The maximum absolute atomic E-state index is 5.91. The lowest BCUT2D eigenvalue weighted by atomic mass is 9.89. The van der Waals surface area contributed by atoms with Crippen molar-refractivity contribution < 1.29 is 0 Å². The van der Waals surface area contributed by atoms with Crippen LogP contribution in [-0.2, 0) is 0 Å². The first-order valence-electron chi connectivity index (χ1n) is 5.31. The second-order valence-corrected chi connectivity index (χ2v) is 5.50. The summed E-state index contributed by atoms with van der Waals surface area (Å²) >= 11 is 4.55. The highest BCUT2D eigenvalue weighted by Crippen LogP contribution is 2.42. The molecule has 2 aliphatic rings.